The summed E-state index contributed by atoms with van der Waals surface area (Å²) in [5.74, 6) is 0. The Morgan fingerprint density at radius 3 is 1.07 bits per heavy atom. The van der Waals surface area contributed by atoms with Gasteiger partial charge in [0.15, 0.2) is 0 Å². The van der Waals surface area contributed by atoms with Crippen molar-refractivity contribution in [3.05, 3.63) is 266 Å². The standard InChI is InChI=1S/C18H15N.C18H14N.2C11H8N.2CH4O.2Ir/c2*1-14-7-9-15(10-8-14)17-11-12-19-18(13-17)16-5-3-2-4-6-16;2*1-2-6-10(7-3-1)11-8-4-5-9-12-11;2*1-2;;/h2-13H,1H3;2-5,7-13H,1H3;2*1-6,8-9H;2*2H,1H3;;/q;3*-1;;;;/i2*1D3;;;;;;. The first-order chi connectivity index (χ1) is 35.0. The predicted octanol–water partition coefficient (Wildman–Crippen LogP) is 13.6. The zero-order valence-corrected chi connectivity index (χ0v) is 42.2. The maximum Gasteiger partial charge on any atom is 0.0708 e. The summed E-state index contributed by atoms with van der Waals surface area (Å²) in [6.45, 7) is -4.13. The van der Waals surface area contributed by atoms with Gasteiger partial charge in [-0.1, -0.05) is 120 Å². The van der Waals surface area contributed by atoms with Gasteiger partial charge in [0.1, 0.15) is 0 Å². The monoisotopic (exact) mass is 1250 g/mol. The molecule has 6 nitrogen and oxygen atoms in total. The van der Waals surface area contributed by atoms with Gasteiger partial charge >= 0.3 is 0 Å². The molecule has 4 heterocycles. The van der Waals surface area contributed by atoms with Crippen molar-refractivity contribution in [1.82, 2.24) is 19.9 Å². The number of aromatic nitrogens is 4. The Morgan fingerprint density at radius 1 is 0.324 bits per heavy atom. The Hall–Kier alpha value is -6.86. The molecular weight excluding hydrogens is 1190 g/mol. The van der Waals surface area contributed by atoms with E-state index >= 15 is 0 Å². The first kappa shape index (κ1) is 46.3. The van der Waals surface area contributed by atoms with E-state index in [1.807, 2.05) is 188 Å². The zero-order chi connectivity index (χ0) is 51.6. The fourth-order valence-electron chi connectivity index (χ4n) is 6.16. The maximum atomic E-state index is 7.42. The van der Waals surface area contributed by atoms with Crippen molar-refractivity contribution in [3.8, 4) is 67.3 Å². The molecule has 0 aliphatic heterocycles. The number of aryl methyl sites for hydroxylation is 2. The summed E-state index contributed by atoms with van der Waals surface area (Å²) in [4.78, 5) is 17.2. The summed E-state index contributed by atoms with van der Waals surface area (Å²) >= 11 is 0. The normalized spacial score (nSPS) is 11.1. The second-order valence-corrected chi connectivity index (χ2v) is 13.6. The van der Waals surface area contributed by atoms with Gasteiger partial charge in [0.2, 0.25) is 0 Å². The Kier molecular flexibility index (Phi) is 21.7. The van der Waals surface area contributed by atoms with Crippen molar-refractivity contribution in [3.63, 3.8) is 0 Å². The molecule has 2 N–H and O–H groups in total. The first-order valence-electron chi connectivity index (χ1n) is 23.8. The van der Waals surface area contributed by atoms with E-state index in [0.717, 1.165) is 81.5 Å². The van der Waals surface area contributed by atoms with E-state index in [1.54, 1.807) is 49.1 Å². The van der Waals surface area contributed by atoms with Crippen LogP contribution < -0.4 is 0 Å². The minimum absolute atomic E-state index is 0. The fourth-order valence-corrected chi connectivity index (χ4v) is 6.16. The van der Waals surface area contributed by atoms with Gasteiger partial charge in [0.25, 0.3) is 0 Å². The van der Waals surface area contributed by atoms with E-state index in [0.29, 0.717) is 11.1 Å². The zero-order valence-electron chi connectivity index (χ0n) is 43.4. The van der Waals surface area contributed by atoms with Crippen molar-refractivity contribution >= 4 is 0 Å². The van der Waals surface area contributed by atoms with Crippen LogP contribution in [0.4, 0.5) is 0 Å². The summed E-state index contributed by atoms with van der Waals surface area (Å²) in [5.41, 5.74) is 12.4. The maximum absolute atomic E-state index is 7.42. The Balaban J connectivity index is 0.000000260. The van der Waals surface area contributed by atoms with Crippen molar-refractivity contribution in [1.29, 1.82) is 0 Å². The number of benzene rings is 6. The molecule has 0 unspecified atom stereocenters. The van der Waals surface area contributed by atoms with Gasteiger partial charge in [-0.05, 0) is 83.4 Å². The minimum atomic E-state index is -2.07. The molecule has 0 saturated heterocycles. The second kappa shape index (κ2) is 31.9. The molecule has 0 fully saturated rings. The van der Waals surface area contributed by atoms with E-state index in [9.17, 15) is 0 Å². The van der Waals surface area contributed by atoms with Crippen LogP contribution in [0.25, 0.3) is 67.3 Å². The van der Waals surface area contributed by atoms with Crippen LogP contribution in [-0.4, -0.2) is 44.4 Å². The summed E-state index contributed by atoms with van der Waals surface area (Å²) in [5, 5.41) is 14.0. The molecule has 0 aliphatic carbocycles. The molecule has 0 saturated carbocycles. The Morgan fingerprint density at radius 2 is 0.691 bits per heavy atom. The van der Waals surface area contributed by atoms with Crippen LogP contribution in [0, 0.1) is 31.9 Å². The average molecular weight is 1250 g/mol. The fraction of sp³-hybridized carbons (Fsp3) is 0.0667. The van der Waals surface area contributed by atoms with Gasteiger partial charge in [-0.2, -0.15) is 0 Å². The van der Waals surface area contributed by atoms with E-state index in [4.69, 9.17) is 18.4 Å². The summed E-state index contributed by atoms with van der Waals surface area (Å²) < 4.78 is 44.5. The third-order valence-corrected chi connectivity index (χ3v) is 9.31. The van der Waals surface area contributed by atoms with Gasteiger partial charge in [0, 0.05) is 93.0 Å². The summed E-state index contributed by atoms with van der Waals surface area (Å²) in [6.07, 6.45) is 7.10. The van der Waals surface area contributed by atoms with Gasteiger partial charge in [-0.25, -0.2) is 0 Å². The molecular formula is C60H53Ir2N4O2-3. The van der Waals surface area contributed by atoms with Crippen LogP contribution in [-0.2, 0) is 40.2 Å². The summed E-state index contributed by atoms with van der Waals surface area (Å²) in [7, 11) is 2.00. The quantitative estimate of drug-likeness (QED) is 0.161. The minimum Gasteiger partial charge on any atom is -0.400 e. The first-order valence-corrected chi connectivity index (χ1v) is 20.8. The summed E-state index contributed by atoms with van der Waals surface area (Å²) in [6, 6.07) is 76.2. The molecule has 10 aromatic rings. The Bertz CT molecular complexity index is 2770. The van der Waals surface area contributed by atoms with E-state index in [2.05, 4.69) is 38.1 Å². The second-order valence-electron chi connectivity index (χ2n) is 13.6. The van der Waals surface area contributed by atoms with Crippen molar-refractivity contribution in [2.75, 3.05) is 14.2 Å². The van der Waals surface area contributed by atoms with E-state index in [-0.39, 0.29) is 40.2 Å². The number of rotatable bonds is 6. The number of hydrogen-bond donors (Lipinski definition) is 2. The molecule has 346 valence electrons. The molecule has 0 aliphatic rings. The van der Waals surface area contributed by atoms with Crippen LogP contribution >= 0.6 is 0 Å². The molecule has 10 rings (SSSR count). The number of nitrogens with zero attached hydrogens (tertiary/aromatic N) is 4. The SMILES string of the molecule is CO.CO.[2H]C([2H])([2H])c1ccc(-c2ccnc(-c3[c-]cccc3)c2)cc1.[2H]C([2H])([2H])c1ccc(-c2ccnc(-c3ccccc3)c2)cc1.[Ir].[Ir].[c-]1ccccc1-c1ccccn1.[c-]1ccccc1-c1ccccn1. The largest absolute Gasteiger partial charge is 0.400 e. The van der Waals surface area contributed by atoms with Crippen molar-refractivity contribution in [2.45, 2.75) is 13.7 Å². The van der Waals surface area contributed by atoms with Crippen molar-refractivity contribution < 1.29 is 58.6 Å². The molecule has 4 aromatic heterocycles. The molecule has 0 amide bonds. The molecule has 8 heteroatoms. The number of aliphatic hydroxyl groups excluding tert-OH is 2. The topological polar surface area (TPSA) is 92.0 Å². The Labute approximate surface area is 437 Å². The van der Waals surface area contributed by atoms with Gasteiger partial charge in [0.05, 0.1) is 5.69 Å². The molecule has 2 radical (unpaired) electrons. The molecule has 0 atom stereocenters. The molecule has 68 heavy (non-hydrogen) atoms. The number of aliphatic hydroxyl groups is 2. The number of hydrogen-bond acceptors (Lipinski definition) is 6. The third-order valence-electron chi connectivity index (χ3n) is 9.31. The van der Waals surface area contributed by atoms with Crippen LogP contribution in [0.15, 0.2) is 237 Å². The van der Waals surface area contributed by atoms with E-state index < -0.39 is 13.7 Å². The molecule has 0 spiro atoms. The molecule has 0 bridgehead atoms. The van der Waals surface area contributed by atoms with Gasteiger partial charge < -0.3 is 25.2 Å². The van der Waals surface area contributed by atoms with Crippen LogP contribution in [0.3, 0.4) is 0 Å². The van der Waals surface area contributed by atoms with E-state index in [1.165, 1.54) is 0 Å². The van der Waals surface area contributed by atoms with Gasteiger partial charge in [-0.3, -0.25) is 4.98 Å². The van der Waals surface area contributed by atoms with Crippen LogP contribution in [0.1, 0.15) is 19.4 Å². The van der Waals surface area contributed by atoms with Crippen molar-refractivity contribution in [2.24, 2.45) is 0 Å². The van der Waals surface area contributed by atoms with Crippen LogP contribution in [0.5, 0.6) is 0 Å². The molecule has 6 aromatic carbocycles. The smallest absolute Gasteiger partial charge is 0.0708 e. The van der Waals surface area contributed by atoms with Crippen LogP contribution in [0.2, 0.25) is 0 Å². The predicted molar refractivity (Wildman–Crippen MR) is 272 cm³/mol. The van der Waals surface area contributed by atoms with Gasteiger partial charge in [-0.15, -0.1) is 108 Å². The third kappa shape index (κ3) is 18.1. The number of pyridine rings is 4. The average Bonchev–Trinajstić information content (AvgIpc) is 3.46.